The molecular formula is C12H15Cl2NO3. The number of aliphatic hydroxyl groups excluding tert-OH is 2. The van der Waals surface area contributed by atoms with Gasteiger partial charge < -0.3 is 15.1 Å². The first-order chi connectivity index (χ1) is 8.60. The van der Waals surface area contributed by atoms with Crippen LogP contribution in [-0.4, -0.2) is 47.3 Å². The van der Waals surface area contributed by atoms with Crippen LogP contribution in [0.5, 0.6) is 0 Å². The van der Waals surface area contributed by atoms with Gasteiger partial charge in [0.25, 0.3) is 0 Å². The Morgan fingerprint density at radius 3 is 2.06 bits per heavy atom. The summed E-state index contributed by atoms with van der Waals surface area (Å²) in [5.74, 6) is -0.229. The van der Waals surface area contributed by atoms with Crippen molar-refractivity contribution in [3.05, 3.63) is 33.8 Å². The molecule has 0 spiro atoms. The lowest BCUT2D eigenvalue weighted by Crippen LogP contribution is -2.37. The Kier molecular flexibility index (Phi) is 6.43. The zero-order valence-corrected chi connectivity index (χ0v) is 11.3. The number of carbonyl (C=O) groups is 1. The molecule has 1 rings (SSSR count). The molecule has 1 aromatic carbocycles. The van der Waals surface area contributed by atoms with Crippen molar-refractivity contribution >= 4 is 29.1 Å². The fraction of sp³-hybridized carbons (Fsp3) is 0.417. The van der Waals surface area contributed by atoms with Crippen LogP contribution in [0.2, 0.25) is 10.0 Å². The van der Waals surface area contributed by atoms with Crippen LogP contribution < -0.4 is 0 Å². The summed E-state index contributed by atoms with van der Waals surface area (Å²) in [4.78, 5) is 13.4. The van der Waals surface area contributed by atoms with E-state index in [1.165, 1.54) is 4.90 Å². The van der Waals surface area contributed by atoms with E-state index in [4.69, 9.17) is 33.4 Å². The van der Waals surface area contributed by atoms with Crippen molar-refractivity contribution in [1.29, 1.82) is 0 Å². The van der Waals surface area contributed by atoms with Crippen molar-refractivity contribution in [1.82, 2.24) is 4.90 Å². The number of halogens is 2. The lowest BCUT2D eigenvalue weighted by Gasteiger charge is -2.21. The van der Waals surface area contributed by atoms with Crippen LogP contribution in [0.4, 0.5) is 0 Å². The van der Waals surface area contributed by atoms with Gasteiger partial charge in [0.2, 0.25) is 5.91 Å². The monoisotopic (exact) mass is 291 g/mol. The van der Waals surface area contributed by atoms with E-state index < -0.39 is 0 Å². The van der Waals surface area contributed by atoms with Gasteiger partial charge >= 0.3 is 0 Å². The molecule has 0 aliphatic rings. The molecule has 0 saturated carbocycles. The maximum Gasteiger partial charge on any atom is 0.227 e. The van der Waals surface area contributed by atoms with E-state index in [0.29, 0.717) is 15.6 Å². The van der Waals surface area contributed by atoms with Crippen molar-refractivity contribution in [2.75, 3.05) is 26.3 Å². The summed E-state index contributed by atoms with van der Waals surface area (Å²) in [6.45, 7) is 0.0624. The van der Waals surface area contributed by atoms with E-state index >= 15 is 0 Å². The Balaban J connectivity index is 2.79. The highest BCUT2D eigenvalue weighted by Gasteiger charge is 2.16. The van der Waals surface area contributed by atoms with Crippen molar-refractivity contribution in [2.24, 2.45) is 0 Å². The third kappa shape index (κ3) is 4.14. The standard InChI is InChI=1S/C12H15Cl2NO3/c13-10-2-1-3-11(14)9(10)8-12(18)15(4-6-16)5-7-17/h1-3,16-17H,4-8H2. The minimum atomic E-state index is -0.229. The molecule has 2 N–H and O–H groups in total. The van der Waals surface area contributed by atoms with E-state index in [-0.39, 0.29) is 38.6 Å². The van der Waals surface area contributed by atoms with Crippen molar-refractivity contribution in [2.45, 2.75) is 6.42 Å². The Morgan fingerprint density at radius 2 is 1.61 bits per heavy atom. The molecule has 4 nitrogen and oxygen atoms in total. The zero-order valence-electron chi connectivity index (χ0n) is 9.77. The molecule has 0 aliphatic heterocycles. The Bertz CT molecular complexity index is 386. The number of benzene rings is 1. The molecule has 0 aliphatic carbocycles. The first-order valence-electron chi connectivity index (χ1n) is 5.52. The van der Waals surface area contributed by atoms with E-state index in [0.717, 1.165) is 0 Å². The van der Waals surface area contributed by atoms with Crippen molar-refractivity contribution < 1.29 is 15.0 Å². The van der Waals surface area contributed by atoms with Crippen LogP contribution in [0.3, 0.4) is 0 Å². The van der Waals surface area contributed by atoms with Gasteiger partial charge in [0, 0.05) is 23.1 Å². The predicted octanol–water partition coefficient (Wildman–Crippen LogP) is 1.35. The number of amides is 1. The smallest absolute Gasteiger partial charge is 0.227 e. The van der Waals surface area contributed by atoms with Gasteiger partial charge in [-0.15, -0.1) is 0 Å². The molecule has 0 unspecified atom stereocenters. The predicted molar refractivity (Wildman–Crippen MR) is 70.9 cm³/mol. The first-order valence-corrected chi connectivity index (χ1v) is 6.28. The molecule has 0 fully saturated rings. The van der Waals surface area contributed by atoms with Crippen LogP contribution in [0.1, 0.15) is 5.56 Å². The third-order valence-electron chi connectivity index (χ3n) is 2.48. The molecule has 0 saturated heterocycles. The zero-order chi connectivity index (χ0) is 13.5. The maximum atomic E-state index is 12.0. The fourth-order valence-corrected chi connectivity index (χ4v) is 2.10. The molecule has 0 aromatic heterocycles. The van der Waals surface area contributed by atoms with Crippen LogP contribution in [0, 0.1) is 0 Å². The Labute approximate surface area is 116 Å². The highest BCUT2D eigenvalue weighted by Crippen LogP contribution is 2.25. The summed E-state index contributed by atoms with van der Waals surface area (Å²) >= 11 is 12.0. The summed E-state index contributed by atoms with van der Waals surface area (Å²) in [6.07, 6.45) is 0.0541. The number of rotatable bonds is 6. The van der Waals surface area contributed by atoms with Crippen molar-refractivity contribution in [3.63, 3.8) is 0 Å². The van der Waals surface area contributed by atoms with Crippen LogP contribution in [-0.2, 0) is 11.2 Å². The van der Waals surface area contributed by atoms with E-state index in [1.807, 2.05) is 0 Å². The van der Waals surface area contributed by atoms with Crippen LogP contribution in [0.15, 0.2) is 18.2 Å². The van der Waals surface area contributed by atoms with Gasteiger partial charge in [0.1, 0.15) is 0 Å². The number of nitrogens with zero attached hydrogens (tertiary/aromatic N) is 1. The van der Waals surface area contributed by atoms with Gasteiger partial charge in [-0.1, -0.05) is 29.3 Å². The summed E-state index contributed by atoms with van der Waals surface area (Å²) < 4.78 is 0. The molecule has 0 heterocycles. The minimum absolute atomic E-state index is 0.0541. The summed E-state index contributed by atoms with van der Waals surface area (Å²) in [7, 11) is 0. The summed E-state index contributed by atoms with van der Waals surface area (Å²) in [5.41, 5.74) is 0.562. The number of hydrogen-bond acceptors (Lipinski definition) is 3. The molecule has 18 heavy (non-hydrogen) atoms. The molecule has 100 valence electrons. The normalized spacial score (nSPS) is 10.4. The van der Waals surface area contributed by atoms with Gasteiger partial charge in [0.05, 0.1) is 19.6 Å². The average Bonchev–Trinajstić information content (AvgIpc) is 2.33. The summed E-state index contributed by atoms with van der Waals surface area (Å²) in [6, 6.07) is 5.04. The van der Waals surface area contributed by atoms with Crippen LogP contribution in [0.25, 0.3) is 0 Å². The van der Waals surface area contributed by atoms with Crippen molar-refractivity contribution in [3.8, 4) is 0 Å². The second-order valence-corrected chi connectivity index (χ2v) is 4.52. The molecule has 0 atom stereocenters. The highest BCUT2D eigenvalue weighted by molar-refractivity contribution is 6.36. The molecule has 0 radical (unpaired) electrons. The first kappa shape index (κ1) is 15.2. The molecule has 0 bridgehead atoms. The number of aliphatic hydroxyl groups is 2. The highest BCUT2D eigenvalue weighted by atomic mass is 35.5. The van der Waals surface area contributed by atoms with Gasteiger partial charge in [-0.3, -0.25) is 4.79 Å². The Morgan fingerprint density at radius 1 is 1.11 bits per heavy atom. The average molecular weight is 292 g/mol. The number of hydrogen-bond donors (Lipinski definition) is 2. The molecule has 1 aromatic rings. The second-order valence-electron chi connectivity index (χ2n) is 3.70. The largest absolute Gasteiger partial charge is 0.395 e. The quantitative estimate of drug-likeness (QED) is 0.832. The lowest BCUT2D eigenvalue weighted by molar-refractivity contribution is -0.131. The number of carbonyl (C=O) groups excluding carboxylic acids is 1. The van der Waals surface area contributed by atoms with Gasteiger partial charge in [-0.05, 0) is 17.7 Å². The molecule has 1 amide bonds. The maximum absolute atomic E-state index is 12.0. The molecular weight excluding hydrogens is 277 g/mol. The van der Waals surface area contributed by atoms with E-state index in [2.05, 4.69) is 0 Å². The lowest BCUT2D eigenvalue weighted by atomic mass is 10.1. The van der Waals surface area contributed by atoms with Gasteiger partial charge in [-0.25, -0.2) is 0 Å². The minimum Gasteiger partial charge on any atom is -0.395 e. The topological polar surface area (TPSA) is 60.8 Å². The second kappa shape index (κ2) is 7.59. The Hall–Kier alpha value is -0.810. The summed E-state index contributed by atoms with van der Waals surface area (Å²) in [5, 5.41) is 18.6. The van der Waals surface area contributed by atoms with E-state index in [9.17, 15) is 4.79 Å². The third-order valence-corrected chi connectivity index (χ3v) is 3.19. The molecule has 6 heteroatoms. The fourth-order valence-electron chi connectivity index (χ4n) is 1.57. The van der Waals surface area contributed by atoms with Gasteiger partial charge in [0.15, 0.2) is 0 Å². The van der Waals surface area contributed by atoms with Gasteiger partial charge in [-0.2, -0.15) is 0 Å². The van der Waals surface area contributed by atoms with Crippen LogP contribution >= 0.6 is 23.2 Å². The SMILES string of the molecule is O=C(Cc1c(Cl)cccc1Cl)N(CCO)CCO. The van der Waals surface area contributed by atoms with E-state index in [1.54, 1.807) is 18.2 Å².